The standard InChI is InChI=1S/C13H26N4O8S2/c14-9(11(18)16-3-1-5-26)7-24-13(20)25-8-10(15)12(19)17-4-2-6-27(21,22)23/h9-10,26H,1-8,14-15H2,(H,16,18)(H,17,19)(H,21,22,23). The Morgan fingerprint density at radius 3 is 1.81 bits per heavy atom. The normalized spacial score (nSPS) is 13.3. The van der Waals surface area contributed by atoms with E-state index in [0.29, 0.717) is 18.7 Å². The van der Waals surface area contributed by atoms with Gasteiger partial charge in [-0.3, -0.25) is 14.1 Å². The topological polar surface area (TPSA) is 200 Å². The zero-order valence-corrected chi connectivity index (χ0v) is 16.3. The van der Waals surface area contributed by atoms with E-state index in [-0.39, 0.29) is 13.0 Å². The molecule has 0 saturated carbocycles. The highest BCUT2D eigenvalue weighted by molar-refractivity contribution is 7.85. The molecule has 2 unspecified atom stereocenters. The minimum absolute atomic E-state index is 0.00582. The molecular formula is C13H26N4O8S2. The van der Waals surface area contributed by atoms with Gasteiger partial charge in [-0.25, -0.2) is 4.79 Å². The van der Waals surface area contributed by atoms with E-state index in [1.54, 1.807) is 0 Å². The van der Waals surface area contributed by atoms with Crippen LogP contribution in [0, 0.1) is 0 Å². The SMILES string of the molecule is NC(COC(=O)OCC(N)C(=O)NCCCS(=O)(=O)O)C(=O)NCCCS. The summed E-state index contributed by atoms with van der Waals surface area (Å²) in [6, 6.07) is -2.28. The molecule has 2 atom stereocenters. The lowest BCUT2D eigenvalue weighted by Gasteiger charge is -2.14. The molecule has 2 amide bonds. The van der Waals surface area contributed by atoms with Crippen molar-refractivity contribution in [2.75, 3.05) is 37.8 Å². The fourth-order valence-corrected chi connectivity index (χ4v) is 2.19. The molecule has 0 radical (unpaired) electrons. The van der Waals surface area contributed by atoms with Crippen LogP contribution in [0.5, 0.6) is 0 Å². The van der Waals surface area contributed by atoms with Crippen molar-refractivity contribution in [3.05, 3.63) is 0 Å². The Balaban J connectivity index is 3.95. The van der Waals surface area contributed by atoms with Crippen LogP contribution in [-0.4, -0.2) is 80.8 Å². The number of nitrogens with two attached hydrogens (primary N) is 2. The maximum Gasteiger partial charge on any atom is 0.508 e. The zero-order chi connectivity index (χ0) is 20.9. The molecule has 0 bridgehead atoms. The van der Waals surface area contributed by atoms with Crippen molar-refractivity contribution < 1.29 is 36.8 Å². The third-order valence-corrected chi connectivity index (χ3v) is 4.07. The predicted octanol–water partition coefficient (Wildman–Crippen LogP) is -2.38. The summed E-state index contributed by atoms with van der Waals surface area (Å²) < 4.78 is 38.9. The third-order valence-electron chi connectivity index (χ3n) is 2.95. The molecule has 0 aromatic rings. The van der Waals surface area contributed by atoms with Crippen LogP contribution < -0.4 is 22.1 Å². The van der Waals surface area contributed by atoms with Gasteiger partial charge in [0.15, 0.2) is 0 Å². The first-order valence-electron chi connectivity index (χ1n) is 7.99. The number of carbonyl (C=O) groups is 3. The Kier molecular flexibility index (Phi) is 12.7. The van der Waals surface area contributed by atoms with Crippen LogP contribution in [0.15, 0.2) is 0 Å². The maximum absolute atomic E-state index is 11.6. The van der Waals surface area contributed by atoms with Gasteiger partial charge < -0.3 is 31.6 Å². The van der Waals surface area contributed by atoms with Crippen molar-refractivity contribution in [1.82, 2.24) is 10.6 Å². The van der Waals surface area contributed by atoms with Gasteiger partial charge in [-0.15, -0.1) is 0 Å². The van der Waals surface area contributed by atoms with Gasteiger partial charge in [-0.2, -0.15) is 21.0 Å². The molecule has 0 fully saturated rings. The second-order valence-electron chi connectivity index (χ2n) is 5.38. The molecule has 0 aromatic carbocycles. The molecule has 27 heavy (non-hydrogen) atoms. The number of hydrogen-bond acceptors (Lipinski definition) is 10. The van der Waals surface area contributed by atoms with Crippen LogP contribution in [0.3, 0.4) is 0 Å². The van der Waals surface area contributed by atoms with Crippen molar-refractivity contribution in [3.63, 3.8) is 0 Å². The van der Waals surface area contributed by atoms with Crippen LogP contribution >= 0.6 is 12.6 Å². The zero-order valence-electron chi connectivity index (χ0n) is 14.6. The summed E-state index contributed by atoms with van der Waals surface area (Å²) >= 11 is 3.99. The van der Waals surface area contributed by atoms with E-state index in [1.807, 2.05) is 0 Å². The van der Waals surface area contributed by atoms with E-state index in [2.05, 4.69) is 32.7 Å². The summed E-state index contributed by atoms with van der Waals surface area (Å²) in [6.07, 6.45) is -0.489. The number of carbonyl (C=O) groups excluding carboxylic acids is 3. The van der Waals surface area contributed by atoms with Gasteiger partial charge >= 0.3 is 6.16 Å². The lowest BCUT2D eigenvalue weighted by molar-refractivity contribution is -0.123. The molecule has 12 nitrogen and oxygen atoms in total. The fourth-order valence-electron chi connectivity index (χ4n) is 1.53. The molecule has 0 rings (SSSR count). The third kappa shape index (κ3) is 14.2. The first kappa shape index (κ1) is 25.4. The van der Waals surface area contributed by atoms with Gasteiger partial charge in [0.1, 0.15) is 25.3 Å². The minimum Gasteiger partial charge on any atom is -0.432 e. The second kappa shape index (κ2) is 13.5. The number of rotatable bonds is 13. The van der Waals surface area contributed by atoms with Crippen molar-refractivity contribution in [1.29, 1.82) is 0 Å². The fraction of sp³-hybridized carbons (Fsp3) is 0.769. The van der Waals surface area contributed by atoms with E-state index in [1.165, 1.54) is 0 Å². The summed E-state index contributed by atoms with van der Waals surface area (Å²) in [5.41, 5.74) is 11.0. The molecule has 7 N–H and O–H groups in total. The van der Waals surface area contributed by atoms with E-state index in [0.717, 1.165) is 0 Å². The Labute approximate surface area is 162 Å². The lowest BCUT2D eigenvalue weighted by Crippen LogP contribution is -2.45. The van der Waals surface area contributed by atoms with Gasteiger partial charge in [0, 0.05) is 13.1 Å². The van der Waals surface area contributed by atoms with Crippen LogP contribution in [0.2, 0.25) is 0 Å². The van der Waals surface area contributed by atoms with E-state index in [4.69, 9.17) is 16.0 Å². The predicted molar refractivity (Wildman–Crippen MR) is 98.8 cm³/mol. The van der Waals surface area contributed by atoms with Crippen LogP contribution in [-0.2, 0) is 29.2 Å². The van der Waals surface area contributed by atoms with Crippen LogP contribution in [0.1, 0.15) is 12.8 Å². The molecule has 158 valence electrons. The van der Waals surface area contributed by atoms with Gasteiger partial charge in [-0.05, 0) is 18.6 Å². The minimum atomic E-state index is -4.10. The van der Waals surface area contributed by atoms with E-state index >= 15 is 0 Å². The first-order valence-corrected chi connectivity index (χ1v) is 10.2. The Morgan fingerprint density at radius 1 is 0.963 bits per heavy atom. The second-order valence-corrected chi connectivity index (χ2v) is 7.40. The highest BCUT2D eigenvalue weighted by atomic mass is 32.2. The van der Waals surface area contributed by atoms with Gasteiger partial charge in [0.05, 0.1) is 5.75 Å². The molecule has 0 spiro atoms. The summed E-state index contributed by atoms with van der Waals surface area (Å²) in [4.78, 5) is 34.6. The summed E-state index contributed by atoms with van der Waals surface area (Å²) in [6.45, 7) is -0.544. The van der Waals surface area contributed by atoms with Crippen molar-refractivity contribution >= 4 is 40.7 Å². The molecular weight excluding hydrogens is 404 g/mol. The average molecular weight is 431 g/mol. The molecule has 0 saturated heterocycles. The van der Waals surface area contributed by atoms with Gasteiger partial charge in [0.2, 0.25) is 11.8 Å². The summed E-state index contributed by atoms with van der Waals surface area (Å²) in [5.74, 6) is -1.08. The smallest absolute Gasteiger partial charge is 0.432 e. The number of hydrogen-bond donors (Lipinski definition) is 6. The van der Waals surface area contributed by atoms with E-state index in [9.17, 15) is 22.8 Å². The largest absolute Gasteiger partial charge is 0.508 e. The summed E-state index contributed by atoms with van der Waals surface area (Å²) in [7, 11) is -4.10. The van der Waals surface area contributed by atoms with Crippen molar-refractivity contribution in [3.8, 4) is 0 Å². The Bertz CT molecular complexity index is 587. The quantitative estimate of drug-likeness (QED) is 0.0793. The summed E-state index contributed by atoms with van der Waals surface area (Å²) in [5, 5.41) is 4.85. The van der Waals surface area contributed by atoms with E-state index < -0.39 is 59.1 Å². The van der Waals surface area contributed by atoms with Crippen LogP contribution in [0.4, 0.5) is 4.79 Å². The van der Waals surface area contributed by atoms with Gasteiger partial charge in [0.25, 0.3) is 10.1 Å². The Hall–Kier alpha value is -1.61. The molecule has 14 heteroatoms. The monoisotopic (exact) mass is 430 g/mol. The number of nitrogens with one attached hydrogen (secondary N) is 2. The highest BCUT2D eigenvalue weighted by Gasteiger charge is 2.19. The Morgan fingerprint density at radius 2 is 1.41 bits per heavy atom. The first-order chi connectivity index (χ1) is 12.6. The van der Waals surface area contributed by atoms with Gasteiger partial charge in [-0.1, -0.05) is 0 Å². The number of amides is 2. The number of ether oxygens (including phenoxy) is 2. The molecule has 0 aliphatic heterocycles. The highest BCUT2D eigenvalue weighted by Crippen LogP contribution is 1.92. The average Bonchev–Trinajstić information content (AvgIpc) is 2.60. The van der Waals surface area contributed by atoms with Crippen LogP contribution in [0.25, 0.3) is 0 Å². The molecule has 0 heterocycles. The molecule has 0 aliphatic rings. The van der Waals surface area contributed by atoms with Crippen molar-refractivity contribution in [2.45, 2.75) is 24.9 Å². The maximum atomic E-state index is 11.6. The lowest BCUT2D eigenvalue weighted by atomic mass is 10.3. The molecule has 0 aromatic heterocycles. The van der Waals surface area contributed by atoms with Crippen molar-refractivity contribution in [2.24, 2.45) is 11.5 Å². The molecule has 0 aliphatic carbocycles. The number of thiol groups is 1.